The van der Waals surface area contributed by atoms with Crippen LogP contribution in [0.25, 0.3) is 16.9 Å². The number of nitrogens with zero attached hydrogens (tertiary/aromatic N) is 3. The fourth-order valence-corrected chi connectivity index (χ4v) is 3.18. The molecule has 0 aliphatic heterocycles. The van der Waals surface area contributed by atoms with Crippen molar-refractivity contribution in [2.75, 3.05) is 5.32 Å². The monoisotopic (exact) mass is 358 g/mol. The molecule has 0 fully saturated rings. The molecule has 4 aromatic rings. The lowest BCUT2D eigenvalue weighted by molar-refractivity contribution is 0.209. The van der Waals surface area contributed by atoms with E-state index in [2.05, 4.69) is 34.5 Å². The lowest BCUT2D eigenvalue weighted by atomic mass is 10.1. The summed E-state index contributed by atoms with van der Waals surface area (Å²) in [4.78, 5) is 4.61. The Kier molecular flexibility index (Phi) is 4.60. The van der Waals surface area contributed by atoms with E-state index in [-0.39, 0.29) is 0 Å². The minimum atomic E-state index is -0.895. The Hall–Kier alpha value is -3.18. The van der Waals surface area contributed by atoms with Crippen LogP contribution in [0.1, 0.15) is 30.0 Å². The Bertz CT molecular complexity index is 1060. The third kappa shape index (κ3) is 3.41. The van der Waals surface area contributed by atoms with E-state index in [1.165, 1.54) is 5.56 Å². The number of aromatic nitrogens is 3. The molecule has 2 aromatic heterocycles. The molecule has 0 spiro atoms. The van der Waals surface area contributed by atoms with Gasteiger partial charge in [0.15, 0.2) is 11.9 Å². The van der Waals surface area contributed by atoms with Gasteiger partial charge in [-0.15, -0.1) is 0 Å². The SMILES string of the molecule is CCc1ccc(NC(O)c2cnn3c(-c4ccccc4)cc(C)nc23)cc1. The molecule has 136 valence electrons. The summed E-state index contributed by atoms with van der Waals surface area (Å²) in [6, 6.07) is 20.1. The molecule has 0 bridgehead atoms. The topological polar surface area (TPSA) is 62.5 Å². The molecule has 1 unspecified atom stereocenters. The van der Waals surface area contributed by atoms with E-state index in [4.69, 9.17) is 0 Å². The second kappa shape index (κ2) is 7.21. The first kappa shape index (κ1) is 17.2. The van der Waals surface area contributed by atoms with Crippen LogP contribution in [-0.2, 0) is 6.42 Å². The minimum absolute atomic E-state index is 0.649. The maximum Gasteiger partial charge on any atom is 0.163 e. The zero-order valence-corrected chi connectivity index (χ0v) is 15.4. The molecule has 0 saturated heterocycles. The van der Waals surface area contributed by atoms with E-state index in [0.717, 1.165) is 29.1 Å². The smallest absolute Gasteiger partial charge is 0.163 e. The van der Waals surface area contributed by atoms with Crippen LogP contribution in [0, 0.1) is 6.92 Å². The lowest BCUT2D eigenvalue weighted by Gasteiger charge is -2.14. The standard InChI is InChI=1S/C22H22N4O/c1-3-16-9-11-18(12-10-16)25-22(27)19-14-23-26-20(13-15(2)24-21(19)26)17-7-5-4-6-8-17/h4-14,22,25,27H,3H2,1-2H3. The Balaban J connectivity index is 1.71. The predicted molar refractivity (Wildman–Crippen MR) is 108 cm³/mol. The summed E-state index contributed by atoms with van der Waals surface area (Å²) in [5.74, 6) is 0. The van der Waals surface area contributed by atoms with Crippen LogP contribution in [0.5, 0.6) is 0 Å². The highest BCUT2D eigenvalue weighted by Crippen LogP contribution is 2.26. The Labute approximate surface area is 158 Å². The van der Waals surface area contributed by atoms with Gasteiger partial charge in [0.25, 0.3) is 0 Å². The summed E-state index contributed by atoms with van der Waals surface area (Å²) in [5, 5.41) is 18.3. The first-order valence-corrected chi connectivity index (χ1v) is 9.10. The number of anilines is 1. The highest BCUT2D eigenvalue weighted by Gasteiger charge is 2.17. The molecule has 0 aliphatic carbocycles. The van der Waals surface area contributed by atoms with Crippen LogP contribution in [0.2, 0.25) is 0 Å². The quantitative estimate of drug-likeness (QED) is 0.520. The van der Waals surface area contributed by atoms with Crippen molar-refractivity contribution in [3.05, 3.63) is 83.7 Å². The molecule has 2 aromatic carbocycles. The van der Waals surface area contributed by atoms with Crippen LogP contribution >= 0.6 is 0 Å². The Morgan fingerprint density at radius 3 is 2.52 bits per heavy atom. The molecule has 1 atom stereocenters. The van der Waals surface area contributed by atoms with Gasteiger partial charge in [-0.3, -0.25) is 0 Å². The van der Waals surface area contributed by atoms with Crippen molar-refractivity contribution < 1.29 is 5.11 Å². The number of aryl methyl sites for hydroxylation is 2. The van der Waals surface area contributed by atoms with Gasteiger partial charge in [-0.05, 0) is 37.1 Å². The molecule has 2 heterocycles. The van der Waals surface area contributed by atoms with Crippen molar-refractivity contribution in [1.29, 1.82) is 0 Å². The number of aliphatic hydroxyl groups is 1. The number of fused-ring (bicyclic) bond motifs is 1. The average molecular weight is 358 g/mol. The highest BCUT2D eigenvalue weighted by atomic mass is 16.3. The van der Waals surface area contributed by atoms with Gasteiger partial charge in [0.1, 0.15) is 0 Å². The largest absolute Gasteiger partial charge is 0.369 e. The Morgan fingerprint density at radius 1 is 1.07 bits per heavy atom. The van der Waals surface area contributed by atoms with Gasteiger partial charge in [0, 0.05) is 16.9 Å². The summed E-state index contributed by atoms with van der Waals surface area (Å²) >= 11 is 0. The fourth-order valence-electron chi connectivity index (χ4n) is 3.18. The molecule has 4 rings (SSSR count). The van der Waals surface area contributed by atoms with Crippen LogP contribution in [0.3, 0.4) is 0 Å². The molecule has 0 saturated carbocycles. The van der Waals surface area contributed by atoms with Gasteiger partial charge in [-0.1, -0.05) is 49.4 Å². The summed E-state index contributed by atoms with van der Waals surface area (Å²) in [6.45, 7) is 4.07. The van der Waals surface area contributed by atoms with Gasteiger partial charge in [0.2, 0.25) is 0 Å². The molecule has 27 heavy (non-hydrogen) atoms. The first-order valence-electron chi connectivity index (χ1n) is 9.10. The zero-order chi connectivity index (χ0) is 18.8. The number of rotatable bonds is 5. The zero-order valence-electron chi connectivity index (χ0n) is 15.4. The van der Waals surface area contributed by atoms with Gasteiger partial charge >= 0.3 is 0 Å². The van der Waals surface area contributed by atoms with E-state index in [9.17, 15) is 5.11 Å². The Morgan fingerprint density at radius 2 is 1.81 bits per heavy atom. The third-order valence-electron chi connectivity index (χ3n) is 4.66. The molecule has 0 radical (unpaired) electrons. The number of nitrogens with one attached hydrogen (secondary N) is 1. The molecule has 5 heteroatoms. The second-order valence-electron chi connectivity index (χ2n) is 6.58. The maximum atomic E-state index is 10.7. The number of benzene rings is 2. The van der Waals surface area contributed by atoms with Crippen LogP contribution in [0.15, 0.2) is 66.9 Å². The van der Waals surface area contributed by atoms with E-state index in [1.807, 2.05) is 55.5 Å². The molecule has 5 nitrogen and oxygen atoms in total. The van der Waals surface area contributed by atoms with Crippen molar-refractivity contribution in [3.63, 3.8) is 0 Å². The lowest BCUT2D eigenvalue weighted by Crippen LogP contribution is -2.10. The number of hydrogen-bond donors (Lipinski definition) is 2. The molecule has 0 aliphatic rings. The normalized spacial score (nSPS) is 12.3. The van der Waals surface area contributed by atoms with Gasteiger partial charge in [-0.2, -0.15) is 5.10 Å². The fraction of sp³-hybridized carbons (Fsp3) is 0.182. The van der Waals surface area contributed by atoms with Crippen molar-refractivity contribution in [3.8, 4) is 11.3 Å². The predicted octanol–water partition coefficient (Wildman–Crippen LogP) is 4.37. The molecule has 2 N–H and O–H groups in total. The van der Waals surface area contributed by atoms with Gasteiger partial charge in [0.05, 0.1) is 17.5 Å². The van der Waals surface area contributed by atoms with Gasteiger partial charge < -0.3 is 10.4 Å². The van der Waals surface area contributed by atoms with Crippen LogP contribution in [-0.4, -0.2) is 19.7 Å². The highest BCUT2D eigenvalue weighted by molar-refractivity contribution is 5.65. The second-order valence-corrected chi connectivity index (χ2v) is 6.58. The molecular formula is C22H22N4O. The van der Waals surface area contributed by atoms with E-state index in [1.54, 1.807) is 10.7 Å². The summed E-state index contributed by atoms with van der Waals surface area (Å²) < 4.78 is 1.78. The van der Waals surface area contributed by atoms with Crippen molar-refractivity contribution in [2.45, 2.75) is 26.5 Å². The van der Waals surface area contributed by atoms with Crippen LogP contribution < -0.4 is 5.32 Å². The summed E-state index contributed by atoms with van der Waals surface area (Å²) in [7, 11) is 0. The van der Waals surface area contributed by atoms with E-state index in [0.29, 0.717) is 11.2 Å². The van der Waals surface area contributed by atoms with Crippen LogP contribution in [0.4, 0.5) is 5.69 Å². The first-order chi connectivity index (χ1) is 13.2. The van der Waals surface area contributed by atoms with Crippen molar-refractivity contribution in [1.82, 2.24) is 14.6 Å². The molecule has 0 amide bonds. The summed E-state index contributed by atoms with van der Waals surface area (Å²) in [5.41, 5.74) is 6.30. The number of aliphatic hydroxyl groups excluding tert-OH is 1. The third-order valence-corrected chi connectivity index (χ3v) is 4.66. The van der Waals surface area contributed by atoms with Gasteiger partial charge in [-0.25, -0.2) is 9.50 Å². The minimum Gasteiger partial charge on any atom is -0.369 e. The average Bonchev–Trinajstić information content (AvgIpc) is 3.12. The molecular weight excluding hydrogens is 336 g/mol. The summed E-state index contributed by atoms with van der Waals surface area (Å²) in [6.07, 6.45) is 1.77. The number of hydrogen-bond acceptors (Lipinski definition) is 4. The van der Waals surface area contributed by atoms with E-state index >= 15 is 0 Å². The van der Waals surface area contributed by atoms with E-state index < -0.39 is 6.23 Å². The van der Waals surface area contributed by atoms with Crippen molar-refractivity contribution in [2.24, 2.45) is 0 Å². The van der Waals surface area contributed by atoms with Crippen molar-refractivity contribution >= 4 is 11.3 Å². The maximum absolute atomic E-state index is 10.7.